The average molecular weight is 503 g/mol. The van der Waals surface area contributed by atoms with Crippen LogP contribution in [0.2, 0.25) is 0 Å². The summed E-state index contributed by atoms with van der Waals surface area (Å²) in [6, 6.07) is 10.7. The van der Waals surface area contributed by atoms with E-state index in [1.807, 2.05) is 35.1 Å². The summed E-state index contributed by atoms with van der Waals surface area (Å²) in [5.41, 5.74) is 1.72. The Morgan fingerprint density at radius 1 is 1.26 bits per heavy atom. The molecular weight excluding hydrogens is 476 g/mol. The molecule has 4 rings (SSSR count). The van der Waals surface area contributed by atoms with Crippen molar-refractivity contribution in [1.29, 1.82) is 0 Å². The number of ketones is 1. The SMILES string of the molecule is CNS(=O)(=O)O[C@@H]1C[C@H](Nc2ncncc2C(=O)c2cc(CO)n(Cc3ccccc3)n2)C[C@@H]1O. The first-order chi connectivity index (χ1) is 16.8. The van der Waals surface area contributed by atoms with Crippen LogP contribution in [0.25, 0.3) is 0 Å². The van der Waals surface area contributed by atoms with Crippen molar-refractivity contribution < 1.29 is 27.6 Å². The molecular formula is C22H26N6O6S. The molecule has 1 aliphatic rings. The quantitative estimate of drug-likeness (QED) is 0.282. The molecule has 0 bridgehead atoms. The Bertz CT molecular complexity index is 1280. The normalized spacial score (nSPS) is 20.1. The van der Waals surface area contributed by atoms with Crippen LogP contribution in [0.3, 0.4) is 0 Å². The van der Waals surface area contributed by atoms with Gasteiger partial charge in [0.05, 0.1) is 30.5 Å². The lowest BCUT2D eigenvalue weighted by Crippen LogP contribution is -2.31. The molecule has 2 heterocycles. The van der Waals surface area contributed by atoms with E-state index in [9.17, 15) is 23.4 Å². The molecule has 0 aliphatic heterocycles. The maximum Gasteiger partial charge on any atom is 0.335 e. The number of aliphatic hydroxyl groups excluding tert-OH is 2. The third kappa shape index (κ3) is 5.89. The van der Waals surface area contributed by atoms with Gasteiger partial charge in [0.25, 0.3) is 0 Å². The van der Waals surface area contributed by atoms with E-state index < -0.39 is 34.3 Å². The topological polar surface area (TPSA) is 169 Å². The number of carbonyl (C=O) groups is 1. The van der Waals surface area contributed by atoms with Crippen LogP contribution in [0.1, 0.15) is 40.2 Å². The number of aromatic nitrogens is 4. The molecule has 1 aliphatic carbocycles. The van der Waals surface area contributed by atoms with Gasteiger partial charge in [0.2, 0.25) is 5.78 Å². The second-order valence-corrected chi connectivity index (χ2v) is 9.62. The molecule has 4 N–H and O–H groups in total. The van der Waals surface area contributed by atoms with Crippen molar-refractivity contribution in [1.82, 2.24) is 24.5 Å². The van der Waals surface area contributed by atoms with Gasteiger partial charge in [-0.15, -0.1) is 0 Å². The highest BCUT2D eigenvalue weighted by atomic mass is 32.2. The van der Waals surface area contributed by atoms with Gasteiger partial charge in [0, 0.05) is 19.3 Å². The van der Waals surface area contributed by atoms with E-state index in [-0.39, 0.29) is 36.5 Å². The predicted molar refractivity (Wildman–Crippen MR) is 125 cm³/mol. The Hall–Kier alpha value is -3.23. The summed E-state index contributed by atoms with van der Waals surface area (Å²) in [6.45, 7) is 0.0949. The second kappa shape index (κ2) is 10.6. The summed E-state index contributed by atoms with van der Waals surface area (Å²) in [4.78, 5) is 21.4. The molecule has 2 aromatic heterocycles. The van der Waals surface area contributed by atoms with Gasteiger partial charge in [-0.3, -0.25) is 13.7 Å². The van der Waals surface area contributed by atoms with Gasteiger partial charge in [0.15, 0.2) is 0 Å². The number of nitrogens with one attached hydrogen (secondary N) is 2. The average Bonchev–Trinajstić information content (AvgIpc) is 3.41. The number of benzene rings is 1. The van der Waals surface area contributed by atoms with Gasteiger partial charge >= 0.3 is 10.3 Å². The van der Waals surface area contributed by atoms with Crippen molar-refractivity contribution in [3.63, 3.8) is 0 Å². The van der Waals surface area contributed by atoms with E-state index in [4.69, 9.17) is 4.18 Å². The van der Waals surface area contributed by atoms with Crippen LogP contribution in [0.15, 0.2) is 48.9 Å². The molecule has 3 atom stereocenters. The summed E-state index contributed by atoms with van der Waals surface area (Å²) in [6.07, 6.45) is 1.06. The summed E-state index contributed by atoms with van der Waals surface area (Å²) in [5, 5.41) is 27.5. The van der Waals surface area contributed by atoms with E-state index in [0.717, 1.165) is 5.56 Å². The third-order valence-electron chi connectivity index (χ3n) is 5.70. The van der Waals surface area contributed by atoms with E-state index in [0.29, 0.717) is 12.2 Å². The zero-order valence-corrected chi connectivity index (χ0v) is 19.7. The molecule has 0 saturated heterocycles. The van der Waals surface area contributed by atoms with E-state index in [2.05, 4.69) is 20.4 Å². The molecule has 3 aromatic rings. The van der Waals surface area contributed by atoms with Gasteiger partial charge < -0.3 is 15.5 Å². The highest BCUT2D eigenvalue weighted by Crippen LogP contribution is 2.28. The van der Waals surface area contributed by atoms with Gasteiger partial charge in [-0.05, 0) is 24.5 Å². The first-order valence-corrected chi connectivity index (χ1v) is 12.3. The van der Waals surface area contributed by atoms with Crippen molar-refractivity contribution in [2.24, 2.45) is 0 Å². The molecule has 1 fully saturated rings. The molecule has 1 saturated carbocycles. The first-order valence-electron chi connectivity index (χ1n) is 10.9. The second-order valence-electron chi connectivity index (χ2n) is 8.11. The van der Waals surface area contributed by atoms with Crippen LogP contribution in [-0.2, 0) is 27.6 Å². The largest absolute Gasteiger partial charge is 0.390 e. The van der Waals surface area contributed by atoms with Crippen molar-refractivity contribution in [2.75, 3.05) is 12.4 Å². The zero-order chi connectivity index (χ0) is 25.0. The number of hydrogen-bond donors (Lipinski definition) is 4. The van der Waals surface area contributed by atoms with Gasteiger partial charge in [0.1, 0.15) is 23.9 Å². The van der Waals surface area contributed by atoms with Crippen LogP contribution in [0.4, 0.5) is 5.82 Å². The summed E-state index contributed by atoms with van der Waals surface area (Å²) in [7, 11) is -2.75. The lowest BCUT2D eigenvalue weighted by Gasteiger charge is -2.15. The maximum atomic E-state index is 13.3. The standard InChI is InChI=1S/C22H26N6O6S/c1-23-35(32,33)34-20-8-15(7-19(20)30)26-22-17(10-24-13-25-22)21(31)18-9-16(12-29)28(27-18)11-14-5-3-2-4-6-14/h2-6,9-10,13,15,19-20,23,29-30H,7-8,11-12H2,1H3,(H,24,25,26)/t15-,19+,20-/m1/s1. The van der Waals surface area contributed by atoms with Crippen molar-refractivity contribution in [2.45, 2.75) is 44.2 Å². The van der Waals surface area contributed by atoms with Gasteiger partial charge in [-0.2, -0.15) is 18.2 Å². The van der Waals surface area contributed by atoms with E-state index in [1.165, 1.54) is 25.6 Å². The third-order valence-corrected chi connectivity index (χ3v) is 6.70. The Labute approximate surface area is 202 Å². The fourth-order valence-corrected chi connectivity index (χ4v) is 4.57. The van der Waals surface area contributed by atoms with Crippen LogP contribution < -0.4 is 10.0 Å². The Morgan fingerprint density at radius 2 is 2.03 bits per heavy atom. The van der Waals surface area contributed by atoms with E-state index in [1.54, 1.807) is 4.68 Å². The molecule has 0 spiro atoms. The van der Waals surface area contributed by atoms with Crippen LogP contribution in [0.5, 0.6) is 0 Å². The molecule has 0 amide bonds. The van der Waals surface area contributed by atoms with E-state index >= 15 is 0 Å². The fourth-order valence-electron chi connectivity index (χ4n) is 3.94. The van der Waals surface area contributed by atoms with Crippen LogP contribution >= 0.6 is 0 Å². The van der Waals surface area contributed by atoms with Gasteiger partial charge in [-0.25, -0.2) is 9.97 Å². The van der Waals surface area contributed by atoms with Crippen molar-refractivity contribution in [3.8, 4) is 0 Å². The molecule has 35 heavy (non-hydrogen) atoms. The number of carbonyl (C=O) groups excluding carboxylic acids is 1. The smallest absolute Gasteiger partial charge is 0.335 e. The molecule has 13 heteroatoms. The maximum absolute atomic E-state index is 13.3. The molecule has 0 unspecified atom stereocenters. The zero-order valence-electron chi connectivity index (χ0n) is 18.9. The predicted octanol–water partition coefficient (Wildman–Crippen LogP) is 0.229. The summed E-state index contributed by atoms with van der Waals surface area (Å²) < 4.78 is 32.0. The van der Waals surface area contributed by atoms with Gasteiger partial charge in [-0.1, -0.05) is 30.3 Å². The number of anilines is 1. The highest BCUT2D eigenvalue weighted by molar-refractivity contribution is 7.84. The minimum Gasteiger partial charge on any atom is -0.390 e. The summed E-state index contributed by atoms with van der Waals surface area (Å²) >= 11 is 0. The lowest BCUT2D eigenvalue weighted by atomic mass is 10.1. The number of nitrogens with zero attached hydrogens (tertiary/aromatic N) is 4. The Balaban J connectivity index is 1.52. The Kier molecular flexibility index (Phi) is 7.52. The van der Waals surface area contributed by atoms with Crippen LogP contribution in [-0.4, -0.2) is 69.5 Å². The molecule has 1 aromatic carbocycles. The van der Waals surface area contributed by atoms with Crippen molar-refractivity contribution >= 4 is 21.9 Å². The van der Waals surface area contributed by atoms with Crippen molar-refractivity contribution in [3.05, 3.63) is 71.4 Å². The number of rotatable bonds is 10. The Morgan fingerprint density at radius 3 is 2.74 bits per heavy atom. The number of aliphatic hydroxyl groups is 2. The number of hydrogen-bond acceptors (Lipinski definition) is 10. The molecule has 12 nitrogen and oxygen atoms in total. The minimum atomic E-state index is -3.97. The molecule has 0 radical (unpaired) electrons. The van der Waals surface area contributed by atoms with Crippen LogP contribution in [0, 0.1) is 0 Å². The summed E-state index contributed by atoms with van der Waals surface area (Å²) in [5.74, 6) is -0.221. The first kappa shape index (κ1) is 24.9. The lowest BCUT2D eigenvalue weighted by molar-refractivity contribution is 0.0636. The monoisotopic (exact) mass is 502 g/mol. The highest BCUT2D eigenvalue weighted by Gasteiger charge is 2.37. The fraction of sp³-hybridized carbons (Fsp3) is 0.364. The minimum absolute atomic E-state index is 0.121. The molecule has 186 valence electrons.